The second-order valence-electron chi connectivity index (χ2n) is 9.20. The van der Waals surface area contributed by atoms with E-state index < -0.39 is 23.7 Å². The van der Waals surface area contributed by atoms with Crippen LogP contribution in [0.2, 0.25) is 0 Å². The summed E-state index contributed by atoms with van der Waals surface area (Å²) in [6.07, 6.45) is 0.639. The molecule has 0 saturated carbocycles. The van der Waals surface area contributed by atoms with Crippen LogP contribution < -0.4 is 9.64 Å². The number of aryl methyl sites for hydroxylation is 1. The fraction of sp³-hybridized carbons (Fsp3) is 0.250. The quantitative estimate of drug-likeness (QED) is 0.169. The average molecular weight is 533 g/mol. The Kier molecular flexibility index (Phi) is 6.36. The number of benzene rings is 2. The van der Waals surface area contributed by atoms with E-state index in [0.29, 0.717) is 33.9 Å². The van der Waals surface area contributed by atoms with Crippen LogP contribution in [-0.2, 0) is 20.7 Å². The number of esters is 1. The van der Waals surface area contributed by atoms with Gasteiger partial charge in [0.05, 0.1) is 34.9 Å². The Bertz CT molecular complexity index is 1540. The number of fused-ring (bicyclic) bond motifs is 1. The van der Waals surface area contributed by atoms with E-state index in [1.807, 2.05) is 6.92 Å². The van der Waals surface area contributed by atoms with Gasteiger partial charge in [0, 0.05) is 18.9 Å². The summed E-state index contributed by atoms with van der Waals surface area (Å²) < 4.78 is 10.5. The number of Topliss-reactive ketones (excluding diaryl/α,β-unsaturated/α-hetero) is 2. The molecule has 1 fully saturated rings. The minimum atomic E-state index is -1.05. The number of amides is 1. The van der Waals surface area contributed by atoms with Crippen LogP contribution in [0.4, 0.5) is 5.13 Å². The van der Waals surface area contributed by atoms with Crippen LogP contribution in [0.3, 0.4) is 0 Å². The highest BCUT2D eigenvalue weighted by atomic mass is 32.1. The van der Waals surface area contributed by atoms with E-state index in [9.17, 15) is 24.3 Å². The molecule has 1 N–H and O–H groups in total. The lowest BCUT2D eigenvalue weighted by Gasteiger charge is -2.23. The van der Waals surface area contributed by atoms with Gasteiger partial charge in [-0.1, -0.05) is 23.5 Å². The number of aromatic nitrogens is 1. The van der Waals surface area contributed by atoms with Crippen LogP contribution in [0.15, 0.2) is 48.0 Å². The number of carbonyl (C=O) groups is 4. The lowest BCUT2D eigenvalue weighted by Crippen LogP contribution is -2.29. The number of nitrogens with zero attached hydrogens (tertiary/aromatic N) is 2. The van der Waals surface area contributed by atoms with Crippen molar-refractivity contribution in [1.29, 1.82) is 0 Å². The van der Waals surface area contributed by atoms with Crippen molar-refractivity contribution in [2.75, 3.05) is 12.0 Å². The number of hydrogen-bond acceptors (Lipinski definition) is 9. The minimum absolute atomic E-state index is 0.00934. The van der Waals surface area contributed by atoms with Crippen LogP contribution in [0.25, 0.3) is 5.76 Å². The number of hydrogen-bond donors (Lipinski definition) is 1. The molecule has 1 amide bonds. The van der Waals surface area contributed by atoms with Crippen molar-refractivity contribution in [3.63, 3.8) is 0 Å². The van der Waals surface area contributed by atoms with Crippen molar-refractivity contribution in [2.24, 2.45) is 0 Å². The van der Waals surface area contributed by atoms with Crippen molar-refractivity contribution in [1.82, 2.24) is 4.98 Å². The molecule has 0 spiro atoms. The molecule has 2 unspecified atom stereocenters. The fourth-order valence-electron chi connectivity index (χ4n) is 4.80. The predicted molar refractivity (Wildman–Crippen MR) is 140 cm³/mol. The number of carbonyl (C=O) groups excluding carboxylic acids is 4. The molecule has 2 aliphatic rings. The zero-order valence-electron chi connectivity index (χ0n) is 21.1. The van der Waals surface area contributed by atoms with Crippen molar-refractivity contribution >= 4 is 45.7 Å². The molecule has 0 radical (unpaired) electrons. The van der Waals surface area contributed by atoms with Gasteiger partial charge in [0.15, 0.2) is 10.9 Å². The highest BCUT2D eigenvalue weighted by molar-refractivity contribution is 7.18. The van der Waals surface area contributed by atoms with Gasteiger partial charge in [0.25, 0.3) is 5.78 Å². The lowest BCUT2D eigenvalue weighted by atomic mass is 9.94. The molecular formula is C28H24N2O7S. The number of thiazole rings is 1. The maximum Gasteiger partial charge on any atom is 0.337 e. The van der Waals surface area contributed by atoms with Gasteiger partial charge < -0.3 is 14.6 Å². The summed E-state index contributed by atoms with van der Waals surface area (Å²) in [5.41, 5.74) is 2.32. The molecule has 3 aromatic rings. The van der Waals surface area contributed by atoms with Crippen LogP contribution in [0.5, 0.6) is 5.75 Å². The predicted octanol–water partition coefficient (Wildman–Crippen LogP) is 4.39. The summed E-state index contributed by atoms with van der Waals surface area (Å²) in [5.74, 6) is -2.14. The van der Waals surface area contributed by atoms with E-state index in [4.69, 9.17) is 9.47 Å². The molecule has 0 bridgehead atoms. The van der Waals surface area contributed by atoms with Crippen LogP contribution >= 0.6 is 11.3 Å². The third-order valence-electron chi connectivity index (χ3n) is 6.57. The summed E-state index contributed by atoms with van der Waals surface area (Å²) in [6, 6.07) is 10.3. The molecule has 2 atom stereocenters. The maximum atomic E-state index is 13.4. The first-order valence-corrected chi connectivity index (χ1v) is 12.7. The van der Waals surface area contributed by atoms with Crippen LogP contribution in [-0.4, -0.2) is 46.7 Å². The summed E-state index contributed by atoms with van der Waals surface area (Å²) >= 11 is 1.00. The summed E-state index contributed by atoms with van der Waals surface area (Å²) in [5, 5.41) is 11.6. The zero-order valence-corrected chi connectivity index (χ0v) is 21.9. The van der Waals surface area contributed by atoms with E-state index in [2.05, 4.69) is 4.98 Å². The second-order valence-corrected chi connectivity index (χ2v) is 10.2. The van der Waals surface area contributed by atoms with Crippen LogP contribution in [0, 0.1) is 6.92 Å². The standard InChI is InChI=1S/C28H24N2O7S/c1-13-11-19-12-18(9-10-20(19)37-13)23(32)21-22(16-5-7-17(8-6-16)27(35)36-4)30(26(34)24(21)33)28-29-14(2)25(38-28)15(3)31/h5-10,12-13,22,32H,11H2,1-4H3/b23-21-. The average Bonchev–Trinajstić information content (AvgIpc) is 3.55. The van der Waals surface area contributed by atoms with Gasteiger partial charge in [-0.25, -0.2) is 9.78 Å². The molecule has 5 rings (SSSR count). The summed E-state index contributed by atoms with van der Waals surface area (Å²) in [7, 11) is 1.27. The summed E-state index contributed by atoms with van der Waals surface area (Å²) in [4.78, 5) is 56.9. The first-order valence-electron chi connectivity index (χ1n) is 11.9. The molecule has 194 valence electrons. The Labute approximate surface area is 222 Å². The third-order valence-corrected chi connectivity index (χ3v) is 7.83. The van der Waals surface area contributed by atoms with E-state index in [-0.39, 0.29) is 33.9 Å². The fourth-order valence-corrected chi connectivity index (χ4v) is 5.79. The largest absolute Gasteiger partial charge is 0.507 e. The normalized spacial score (nSPS) is 19.8. The van der Waals surface area contributed by atoms with Gasteiger partial charge in [-0.05, 0) is 55.3 Å². The molecule has 2 aromatic carbocycles. The number of rotatable bonds is 5. The first kappa shape index (κ1) is 25.3. The number of aliphatic hydroxyl groups is 1. The van der Waals surface area contributed by atoms with Crippen molar-refractivity contribution < 1.29 is 33.8 Å². The maximum absolute atomic E-state index is 13.4. The monoisotopic (exact) mass is 532 g/mol. The van der Waals surface area contributed by atoms with Gasteiger partial charge in [-0.15, -0.1) is 0 Å². The highest BCUT2D eigenvalue weighted by Crippen LogP contribution is 2.44. The Morgan fingerprint density at radius 1 is 1.13 bits per heavy atom. The van der Waals surface area contributed by atoms with Crippen molar-refractivity contribution in [3.05, 3.63) is 80.9 Å². The Hall–Kier alpha value is -4.31. The number of methoxy groups -OCH3 is 1. The number of ketones is 2. The SMILES string of the molecule is COC(=O)c1ccc(C2/C(=C(/O)c3ccc4c(c3)CC(C)O4)C(=O)C(=O)N2c2nc(C)c(C(C)=O)s2)cc1. The molecule has 38 heavy (non-hydrogen) atoms. The molecule has 0 aliphatic carbocycles. The number of ether oxygens (including phenoxy) is 2. The molecule has 1 saturated heterocycles. The van der Waals surface area contributed by atoms with Gasteiger partial charge in [0.1, 0.15) is 17.6 Å². The molecule has 2 aliphatic heterocycles. The van der Waals surface area contributed by atoms with E-state index in [1.54, 1.807) is 37.3 Å². The number of aliphatic hydroxyl groups excluding tert-OH is 1. The van der Waals surface area contributed by atoms with Gasteiger partial charge in [0.2, 0.25) is 0 Å². The van der Waals surface area contributed by atoms with E-state index >= 15 is 0 Å². The first-order chi connectivity index (χ1) is 18.1. The highest BCUT2D eigenvalue weighted by Gasteiger charge is 2.48. The molecule has 10 heteroatoms. The third kappa shape index (κ3) is 4.16. The van der Waals surface area contributed by atoms with Crippen molar-refractivity contribution in [3.8, 4) is 5.75 Å². The van der Waals surface area contributed by atoms with Crippen LogP contribution in [0.1, 0.15) is 62.3 Å². The molecule has 9 nitrogen and oxygen atoms in total. The number of anilines is 1. The Balaban J connectivity index is 1.68. The summed E-state index contributed by atoms with van der Waals surface area (Å²) in [6.45, 7) is 5.00. The minimum Gasteiger partial charge on any atom is -0.507 e. The van der Waals surface area contributed by atoms with Crippen molar-refractivity contribution in [2.45, 2.75) is 39.3 Å². The molecular weight excluding hydrogens is 508 g/mol. The van der Waals surface area contributed by atoms with Gasteiger partial charge >= 0.3 is 11.9 Å². The zero-order chi connectivity index (χ0) is 27.3. The van der Waals surface area contributed by atoms with E-state index in [0.717, 1.165) is 16.9 Å². The lowest BCUT2D eigenvalue weighted by molar-refractivity contribution is -0.132. The van der Waals surface area contributed by atoms with E-state index in [1.165, 1.54) is 31.1 Å². The Morgan fingerprint density at radius 3 is 2.45 bits per heavy atom. The van der Waals surface area contributed by atoms with Gasteiger partial charge in [-0.3, -0.25) is 19.3 Å². The topological polar surface area (TPSA) is 123 Å². The molecule has 3 heterocycles. The smallest absolute Gasteiger partial charge is 0.337 e. The van der Waals surface area contributed by atoms with Gasteiger partial charge in [-0.2, -0.15) is 0 Å². The molecule has 1 aromatic heterocycles. The Morgan fingerprint density at radius 2 is 1.82 bits per heavy atom. The second kappa shape index (κ2) is 9.53.